The molecular formula is C31H29ClF3N3O4. The normalized spacial score (nSPS) is 15.1. The summed E-state index contributed by atoms with van der Waals surface area (Å²) in [5.41, 5.74) is -1.70. The van der Waals surface area contributed by atoms with Gasteiger partial charge in [-0.2, -0.15) is 0 Å². The first kappa shape index (κ1) is 29.8. The first-order valence-electron chi connectivity index (χ1n) is 13.3. The van der Waals surface area contributed by atoms with Crippen LogP contribution in [0.3, 0.4) is 0 Å². The summed E-state index contributed by atoms with van der Waals surface area (Å²) in [6.07, 6.45) is -0.385. The number of benzene rings is 2. The summed E-state index contributed by atoms with van der Waals surface area (Å²) >= 11 is 6.77. The summed E-state index contributed by atoms with van der Waals surface area (Å²) in [5, 5.41) is 26.0. The lowest BCUT2D eigenvalue weighted by atomic mass is 9.88. The third-order valence-electron chi connectivity index (χ3n) is 7.44. The van der Waals surface area contributed by atoms with Crippen molar-refractivity contribution in [2.45, 2.75) is 44.3 Å². The molecular weight excluding hydrogens is 571 g/mol. The molecule has 2 heterocycles. The summed E-state index contributed by atoms with van der Waals surface area (Å²) in [4.78, 5) is 22.1. The zero-order chi connectivity index (χ0) is 30.4. The van der Waals surface area contributed by atoms with Gasteiger partial charge in [0.05, 0.1) is 35.7 Å². The number of carbonyl (C=O) groups is 1. The standard InChI is InChI=1S/C31H29ClF3N3O4/c1-30(2,40)22-13-23(16-4-8-21(33)9-5-16)38-27(25(22)32)31(41,20-6-7-20)15-37-29(39)18-10-17-11-19(28(34)35)14-36-26(17)24(12-18)42-3/h4-5,8-14,20,28,40-41H,6-7,15H2,1-3H3,(H,37,39). The fraction of sp³-hybridized carbons (Fsp3) is 0.323. The van der Waals surface area contributed by atoms with Crippen LogP contribution in [0, 0.1) is 11.7 Å². The van der Waals surface area contributed by atoms with E-state index < -0.39 is 29.4 Å². The highest BCUT2D eigenvalue weighted by Gasteiger charge is 2.48. The number of halogens is 4. The van der Waals surface area contributed by atoms with Crippen molar-refractivity contribution in [3.05, 3.63) is 88.0 Å². The quantitative estimate of drug-likeness (QED) is 0.209. The monoisotopic (exact) mass is 599 g/mol. The van der Waals surface area contributed by atoms with Gasteiger partial charge in [0.2, 0.25) is 0 Å². The summed E-state index contributed by atoms with van der Waals surface area (Å²) in [7, 11) is 1.38. The topological polar surface area (TPSA) is 105 Å². The van der Waals surface area contributed by atoms with Gasteiger partial charge in [0.25, 0.3) is 12.3 Å². The Labute approximate surface area is 245 Å². The van der Waals surface area contributed by atoms with Crippen molar-refractivity contribution in [2.24, 2.45) is 5.92 Å². The van der Waals surface area contributed by atoms with Crippen LogP contribution < -0.4 is 10.1 Å². The molecule has 3 N–H and O–H groups in total. The molecule has 1 amide bonds. The lowest BCUT2D eigenvalue weighted by Gasteiger charge is -2.32. The molecule has 2 aromatic heterocycles. The van der Waals surface area contributed by atoms with Crippen molar-refractivity contribution in [3.63, 3.8) is 0 Å². The molecule has 1 aliphatic carbocycles. The van der Waals surface area contributed by atoms with Gasteiger partial charge in [-0.25, -0.2) is 18.2 Å². The molecule has 1 aliphatic rings. The van der Waals surface area contributed by atoms with Gasteiger partial charge in [-0.1, -0.05) is 11.6 Å². The number of aromatic nitrogens is 2. The SMILES string of the molecule is COc1cc(C(=O)NCC(O)(c2nc(-c3ccc(F)cc3)cc(C(C)(C)O)c2Cl)C2CC2)cc2cc(C(F)F)cnc12. The Bertz CT molecular complexity index is 1660. The highest BCUT2D eigenvalue weighted by molar-refractivity contribution is 6.32. The van der Waals surface area contributed by atoms with Crippen molar-refractivity contribution in [3.8, 4) is 17.0 Å². The maximum absolute atomic E-state index is 13.6. The van der Waals surface area contributed by atoms with Crippen molar-refractivity contribution < 1.29 is 32.9 Å². The van der Waals surface area contributed by atoms with E-state index in [0.717, 1.165) is 6.20 Å². The second kappa shape index (κ2) is 11.2. The molecule has 1 fully saturated rings. The molecule has 0 spiro atoms. The van der Waals surface area contributed by atoms with E-state index in [2.05, 4.69) is 15.3 Å². The summed E-state index contributed by atoms with van der Waals surface area (Å²) < 4.78 is 45.6. The predicted octanol–water partition coefficient (Wildman–Crippen LogP) is 6.29. The number of nitrogens with zero attached hydrogens (tertiary/aromatic N) is 2. The molecule has 5 rings (SSSR count). The minimum atomic E-state index is -2.74. The fourth-order valence-corrected chi connectivity index (χ4v) is 5.46. The van der Waals surface area contributed by atoms with Crippen LogP contribution >= 0.6 is 11.6 Å². The number of hydrogen-bond acceptors (Lipinski definition) is 6. The van der Waals surface area contributed by atoms with Crippen LogP contribution in [0.1, 0.15) is 60.3 Å². The molecule has 7 nitrogen and oxygen atoms in total. The number of fused-ring (bicyclic) bond motifs is 1. The average Bonchev–Trinajstić information content (AvgIpc) is 3.81. The molecule has 0 aliphatic heterocycles. The van der Waals surface area contributed by atoms with Crippen LogP contribution in [0.2, 0.25) is 5.02 Å². The number of carbonyl (C=O) groups excluding carboxylic acids is 1. The summed E-state index contributed by atoms with van der Waals surface area (Å²) in [5.74, 6) is -1.09. The average molecular weight is 600 g/mol. The Morgan fingerprint density at radius 1 is 1.14 bits per heavy atom. The second-order valence-electron chi connectivity index (χ2n) is 11.0. The number of aliphatic hydroxyl groups is 2. The van der Waals surface area contributed by atoms with Gasteiger partial charge in [-0.3, -0.25) is 9.78 Å². The molecule has 0 bridgehead atoms. The molecule has 0 radical (unpaired) electrons. The van der Waals surface area contributed by atoms with Crippen molar-refractivity contribution in [1.82, 2.24) is 15.3 Å². The van der Waals surface area contributed by atoms with Crippen molar-refractivity contribution in [1.29, 1.82) is 0 Å². The molecule has 1 unspecified atom stereocenters. The first-order valence-corrected chi connectivity index (χ1v) is 13.7. The number of nitrogens with one attached hydrogen (secondary N) is 1. The van der Waals surface area contributed by atoms with E-state index >= 15 is 0 Å². The van der Waals surface area contributed by atoms with Crippen molar-refractivity contribution >= 4 is 28.4 Å². The van der Waals surface area contributed by atoms with Gasteiger partial charge in [0.15, 0.2) is 0 Å². The Morgan fingerprint density at radius 3 is 2.43 bits per heavy atom. The molecule has 1 saturated carbocycles. The Balaban J connectivity index is 1.52. The minimum absolute atomic E-state index is 0.0509. The van der Waals surface area contributed by atoms with Gasteiger partial charge in [0, 0.05) is 33.8 Å². The van der Waals surface area contributed by atoms with Gasteiger partial charge in [-0.15, -0.1) is 0 Å². The van der Waals surface area contributed by atoms with Crippen molar-refractivity contribution in [2.75, 3.05) is 13.7 Å². The van der Waals surface area contributed by atoms with Crippen LogP contribution in [0.4, 0.5) is 13.2 Å². The lowest BCUT2D eigenvalue weighted by Crippen LogP contribution is -2.43. The zero-order valence-corrected chi connectivity index (χ0v) is 23.8. The van der Waals surface area contributed by atoms with E-state index in [1.807, 2.05) is 0 Å². The van der Waals surface area contributed by atoms with Crippen LogP contribution in [0.15, 0.2) is 54.7 Å². The first-order chi connectivity index (χ1) is 19.8. The van der Waals surface area contributed by atoms with Gasteiger partial charge in [0.1, 0.15) is 22.7 Å². The fourth-order valence-electron chi connectivity index (χ4n) is 4.97. The molecule has 220 valence electrons. The number of methoxy groups -OCH3 is 1. The molecule has 1 atom stereocenters. The number of hydrogen-bond donors (Lipinski definition) is 3. The largest absolute Gasteiger partial charge is 0.494 e. The highest BCUT2D eigenvalue weighted by Crippen LogP contribution is 2.48. The molecule has 0 saturated heterocycles. The van der Waals surface area contributed by atoms with Gasteiger partial charge in [-0.05, 0) is 81.1 Å². The van der Waals surface area contributed by atoms with E-state index in [1.54, 1.807) is 19.9 Å². The van der Waals surface area contributed by atoms with Crippen LogP contribution in [-0.2, 0) is 11.2 Å². The second-order valence-corrected chi connectivity index (χ2v) is 11.4. The number of pyridine rings is 2. The number of alkyl halides is 2. The third-order valence-corrected chi connectivity index (χ3v) is 7.82. The smallest absolute Gasteiger partial charge is 0.265 e. The van der Waals surface area contributed by atoms with Crippen LogP contribution in [-0.4, -0.2) is 39.7 Å². The van der Waals surface area contributed by atoms with E-state index in [1.165, 1.54) is 49.6 Å². The Hall–Kier alpha value is -3.73. The van der Waals surface area contributed by atoms with E-state index in [4.69, 9.17) is 16.3 Å². The summed E-state index contributed by atoms with van der Waals surface area (Å²) in [6.45, 7) is 2.81. The lowest BCUT2D eigenvalue weighted by molar-refractivity contribution is 0.00900. The number of rotatable bonds is 9. The maximum Gasteiger partial charge on any atom is 0.265 e. The molecule has 2 aromatic carbocycles. The third kappa shape index (κ3) is 5.79. The van der Waals surface area contributed by atoms with Crippen LogP contribution in [0.5, 0.6) is 5.75 Å². The predicted molar refractivity (Wildman–Crippen MR) is 152 cm³/mol. The molecule has 4 aromatic rings. The van der Waals surface area contributed by atoms with E-state index in [-0.39, 0.29) is 40.1 Å². The van der Waals surface area contributed by atoms with Gasteiger partial charge >= 0.3 is 0 Å². The molecule has 42 heavy (non-hydrogen) atoms. The summed E-state index contributed by atoms with van der Waals surface area (Å²) in [6, 6.07) is 11.3. The van der Waals surface area contributed by atoms with Gasteiger partial charge < -0.3 is 20.3 Å². The number of ether oxygens (including phenoxy) is 1. The maximum atomic E-state index is 13.6. The van der Waals surface area contributed by atoms with Crippen LogP contribution in [0.25, 0.3) is 22.2 Å². The Morgan fingerprint density at radius 2 is 1.83 bits per heavy atom. The van der Waals surface area contributed by atoms with E-state index in [0.29, 0.717) is 40.6 Å². The highest BCUT2D eigenvalue weighted by atomic mass is 35.5. The number of amides is 1. The zero-order valence-electron chi connectivity index (χ0n) is 23.1. The molecule has 11 heteroatoms. The van der Waals surface area contributed by atoms with E-state index in [9.17, 15) is 28.2 Å². The Kier molecular flexibility index (Phi) is 7.91. The minimum Gasteiger partial charge on any atom is -0.494 e.